The highest BCUT2D eigenvalue weighted by Gasteiger charge is 1.99. The molecule has 0 saturated carbocycles. The average molecular weight is 257 g/mol. The maximum Gasteiger partial charge on any atom is 0.138 e. The van der Waals surface area contributed by atoms with Gasteiger partial charge in [0, 0.05) is 31.4 Å². The fourth-order valence-electron chi connectivity index (χ4n) is 1.60. The van der Waals surface area contributed by atoms with Crippen LogP contribution >= 0.6 is 0 Å². The third-order valence-electron chi connectivity index (χ3n) is 2.44. The molecule has 98 valence electrons. The summed E-state index contributed by atoms with van der Waals surface area (Å²) < 4.78 is 7.38. The van der Waals surface area contributed by atoms with Gasteiger partial charge in [-0.2, -0.15) is 5.10 Å². The molecule has 1 N–H and O–H groups in total. The lowest BCUT2D eigenvalue weighted by molar-refractivity contribution is 0.320. The zero-order chi connectivity index (χ0) is 13.5. The molecule has 2 aromatic rings. The number of hydrogen-bond donors (Lipinski definition) is 1. The Morgan fingerprint density at radius 1 is 1.37 bits per heavy atom. The molecule has 0 unspecified atom stereocenters. The Morgan fingerprint density at radius 2 is 2.26 bits per heavy atom. The van der Waals surface area contributed by atoms with Crippen LogP contribution in [0, 0.1) is 11.8 Å². The first-order valence-corrected chi connectivity index (χ1v) is 5.93. The molecule has 0 spiro atoms. The number of aliphatic hydroxyl groups is 1. The molecule has 2 rings (SSSR count). The zero-order valence-corrected chi connectivity index (χ0v) is 10.7. The summed E-state index contributed by atoms with van der Waals surface area (Å²) in [5, 5.41) is 12.7. The minimum atomic E-state index is -0.161. The second-order valence-electron chi connectivity index (χ2n) is 3.99. The minimum absolute atomic E-state index is 0.161. The Hall–Kier alpha value is -2.32. The van der Waals surface area contributed by atoms with Gasteiger partial charge in [-0.05, 0) is 11.6 Å². The van der Waals surface area contributed by atoms with Crippen molar-refractivity contribution in [2.75, 3.05) is 13.2 Å². The number of aliphatic hydroxyl groups excluding tert-OH is 1. The predicted molar refractivity (Wildman–Crippen MR) is 70.6 cm³/mol. The van der Waals surface area contributed by atoms with Crippen LogP contribution in [0.5, 0.6) is 5.75 Å². The van der Waals surface area contributed by atoms with Crippen molar-refractivity contribution in [3.05, 3.63) is 42.0 Å². The molecule has 5 heteroatoms. The molecule has 19 heavy (non-hydrogen) atoms. The summed E-state index contributed by atoms with van der Waals surface area (Å²) in [4.78, 5) is 4.04. The van der Waals surface area contributed by atoms with E-state index in [1.165, 1.54) is 0 Å². The number of aryl methyl sites for hydroxylation is 1. The molecule has 0 aromatic carbocycles. The molecule has 0 aliphatic heterocycles. The van der Waals surface area contributed by atoms with Crippen molar-refractivity contribution in [2.45, 2.75) is 6.42 Å². The molecule has 0 bridgehead atoms. The highest BCUT2D eigenvalue weighted by molar-refractivity contribution is 5.36. The van der Waals surface area contributed by atoms with Gasteiger partial charge in [0.25, 0.3) is 0 Å². The molecule has 5 nitrogen and oxygen atoms in total. The Bertz CT molecular complexity index is 596. The monoisotopic (exact) mass is 257 g/mol. The molecule has 0 fully saturated rings. The van der Waals surface area contributed by atoms with Gasteiger partial charge in [0.1, 0.15) is 12.4 Å². The van der Waals surface area contributed by atoms with E-state index in [1.54, 1.807) is 23.1 Å². The number of rotatable bonds is 4. The van der Waals surface area contributed by atoms with Gasteiger partial charge in [0.05, 0.1) is 19.0 Å². The molecular weight excluding hydrogens is 242 g/mol. The Balaban J connectivity index is 1.89. The fraction of sp³-hybridized carbons (Fsp3) is 0.286. The standard InChI is InChI=1S/C14H15N3O2/c1-17-11-13(9-16-17)4-6-19-14-7-12(3-2-5-18)8-15-10-14/h7-11,18H,4-6H2,1H3. The van der Waals surface area contributed by atoms with Crippen LogP contribution in [0.25, 0.3) is 0 Å². The third-order valence-corrected chi connectivity index (χ3v) is 2.44. The number of pyridine rings is 1. The first-order chi connectivity index (χ1) is 9.28. The van der Waals surface area contributed by atoms with Gasteiger partial charge in [-0.15, -0.1) is 0 Å². The van der Waals surface area contributed by atoms with Crippen molar-refractivity contribution in [1.82, 2.24) is 14.8 Å². The first-order valence-electron chi connectivity index (χ1n) is 5.93. The van der Waals surface area contributed by atoms with E-state index < -0.39 is 0 Å². The Morgan fingerprint density at radius 3 is 3.00 bits per heavy atom. The van der Waals surface area contributed by atoms with Gasteiger partial charge < -0.3 is 9.84 Å². The van der Waals surface area contributed by atoms with Crippen LogP contribution in [0.4, 0.5) is 0 Å². The van der Waals surface area contributed by atoms with Gasteiger partial charge in [0.2, 0.25) is 0 Å². The van der Waals surface area contributed by atoms with Crippen LogP contribution in [0.3, 0.4) is 0 Å². The largest absolute Gasteiger partial charge is 0.492 e. The fourth-order valence-corrected chi connectivity index (χ4v) is 1.60. The second-order valence-corrected chi connectivity index (χ2v) is 3.99. The lowest BCUT2D eigenvalue weighted by Crippen LogP contribution is -2.01. The van der Waals surface area contributed by atoms with E-state index >= 15 is 0 Å². The topological polar surface area (TPSA) is 60.2 Å². The van der Waals surface area contributed by atoms with E-state index in [0.29, 0.717) is 12.4 Å². The van der Waals surface area contributed by atoms with Gasteiger partial charge in [-0.1, -0.05) is 11.8 Å². The second kappa shape index (κ2) is 6.57. The summed E-state index contributed by atoms with van der Waals surface area (Å²) in [5.74, 6) is 6.04. The molecular formula is C14H15N3O2. The van der Waals surface area contributed by atoms with E-state index in [0.717, 1.165) is 17.5 Å². The molecule has 0 aliphatic carbocycles. The minimum Gasteiger partial charge on any atom is -0.492 e. The van der Waals surface area contributed by atoms with Gasteiger partial charge in [-0.25, -0.2) is 0 Å². The summed E-state index contributed by atoms with van der Waals surface area (Å²) in [6, 6.07) is 1.80. The smallest absolute Gasteiger partial charge is 0.138 e. The summed E-state index contributed by atoms with van der Waals surface area (Å²) in [6.07, 6.45) is 7.86. The summed E-state index contributed by atoms with van der Waals surface area (Å²) in [6.45, 7) is 0.399. The van der Waals surface area contributed by atoms with Crippen LogP contribution in [0.1, 0.15) is 11.1 Å². The Kier molecular flexibility index (Phi) is 4.54. The van der Waals surface area contributed by atoms with E-state index in [2.05, 4.69) is 21.9 Å². The van der Waals surface area contributed by atoms with Crippen molar-refractivity contribution >= 4 is 0 Å². The molecule has 2 heterocycles. The predicted octanol–water partition coefficient (Wildman–Crippen LogP) is 0.780. The molecule has 0 aliphatic rings. The average Bonchev–Trinajstić information content (AvgIpc) is 2.83. The Labute approximate surface area is 111 Å². The van der Waals surface area contributed by atoms with Crippen molar-refractivity contribution < 1.29 is 9.84 Å². The van der Waals surface area contributed by atoms with E-state index in [9.17, 15) is 0 Å². The maximum atomic E-state index is 8.63. The lowest BCUT2D eigenvalue weighted by Gasteiger charge is -2.04. The van der Waals surface area contributed by atoms with Crippen molar-refractivity contribution in [3.8, 4) is 17.6 Å². The maximum absolute atomic E-state index is 8.63. The van der Waals surface area contributed by atoms with Crippen LogP contribution < -0.4 is 4.74 Å². The van der Waals surface area contributed by atoms with Gasteiger partial charge in [0.15, 0.2) is 0 Å². The van der Waals surface area contributed by atoms with E-state index in [1.807, 2.05) is 19.4 Å². The van der Waals surface area contributed by atoms with Crippen LogP contribution in [-0.2, 0) is 13.5 Å². The molecule has 0 radical (unpaired) electrons. The zero-order valence-electron chi connectivity index (χ0n) is 10.7. The molecule has 0 atom stereocenters. The quantitative estimate of drug-likeness (QED) is 0.822. The van der Waals surface area contributed by atoms with Crippen molar-refractivity contribution in [1.29, 1.82) is 0 Å². The molecule has 0 saturated heterocycles. The van der Waals surface area contributed by atoms with Crippen LogP contribution in [0.15, 0.2) is 30.9 Å². The number of nitrogens with zero attached hydrogens (tertiary/aromatic N) is 3. The molecule has 0 amide bonds. The highest BCUT2D eigenvalue weighted by Crippen LogP contribution is 2.11. The highest BCUT2D eigenvalue weighted by atomic mass is 16.5. The van der Waals surface area contributed by atoms with Gasteiger partial charge >= 0.3 is 0 Å². The van der Waals surface area contributed by atoms with Crippen molar-refractivity contribution in [2.24, 2.45) is 7.05 Å². The van der Waals surface area contributed by atoms with Crippen LogP contribution in [0.2, 0.25) is 0 Å². The number of hydrogen-bond acceptors (Lipinski definition) is 4. The van der Waals surface area contributed by atoms with Gasteiger partial charge in [-0.3, -0.25) is 9.67 Å². The third kappa shape index (κ3) is 4.12. The summed E-state index contributed by atoms with van der Waals surface area (Å²) in [5.41, 5.74) is 1.86. The number of ether oxygens (including phenoxy) is 1. The SMILES string of the molecule is Cn1cc(CCOc2cncc(C#CCO)c2)cn1. The molecule has 2 aromatic heterocycles. The van der Waals surface area contributed by atoms with Crippen LogP contribution in [-0.4, -0.2) is 33.1 Å². The van der Waals surface area contributed by atoms with E-state index in [-0.39, 0.29) is 6.61 Å². The number of aromatic nitrogens is 3. The first kappa shape index (κ1) is 13.1. The van der Waals surface area contributed by atoms with Crippen molar-refractivity contribution in [3.63, 3.8) is 0 Å². The summed E-state index contributed by atoms with van der Waals surface area (Å²) in [7, 11) is 1.89. The summed E-state index contributed by atoms with van der Waals surface area (Å²) >= 11 is 0. The van der Waals surface area contributed by atoms with E-state index in [4.69, 9.17) is 9.84 Å². The lowest BCUT2D eigenvalue weighted by atomic mass is 10.2. The normalized spacial score (nSPS) is 9.79.